The molecule has 0 bridgehead atoms. The van der Waals surface area contributed by atoms with Crippen molar-refractivity contribution in [3.05, 3.63) is 0 Å². The average molecular weight is 271 g/mol. The zero-order valence-corrected chi connectivity index (χ0v) is 13.1. The molecular formula is C15H33N3O. The van der Waals surface area contributed by atoms with Gasteiger partial charge in [-0.05, 0) is 13.0 Å². The molecular weight excluding hydrogens is 238 g/mol. The van der Waals surface area contributed by atoms with Gasteiger partial charge in [-0.3, -0.25) is 0 Å². The maximum Gasteiger partial charge on any atom is 0.316 e. The summed E-state index contributed by atoms with van der Waals surface area (Å²) in [7, 11) is 3.51. The minimum Gasteiger partial charge on any atom is -0.337 e. The van der Waals surface area contributed by atoms with Gasteiger partial charge in [0, 0.05) is 27.2 Å². The van der Waals surface area contributed by atoms with Crippen molar-refractivity contribution < 1.29 is 4.79 Å². The molecule has 0 spiro atoms. The molecule has 0 radical (unpaired) electrons. The van der Waals surface area contributed by atoms with Gasteiger partial charge in [0.25, 0.3) is 0 Å². The fourth-order valence-corrected chi connectivity index (χ4v) is 1.92. The van der Waals surface area contributed by atoms with Crippen LogP contribution in [0.25, 0.3) is 0 Å². The number of urea groups is 1. The number of hydrogen-bond acceptors (Lipinski definition) is 2. The highest BCUT2D eigenvalue weighted by molar-refractivity contribution is 5.73. The molecule has 0 aliphatic heterocycles. The molecule has 2 N–H and O–H groups in total. The number of rotatable bonds is 12. The molecule has 0 rings (SSSR count). The number of unbranched alkanes of at least 4 members (excludes halogenated alkanes) is 7. The van der Waals surface area contributed by atoms with E-state index in [-0.39, 0.29) is 6.03 Å². The first kappa shape index (κ1) is 18.2. The van der Waals surface area contributed by atoms with Gasteiger partial charge >= 0.3 is 6.03 Å². The number of carbonyl (C=O) groups is 1. The molecule has 114 valence electrons. The van der Waals surface area contributed by atoms with Crippen molar-refractivity contribution in [3.63, 3.8) is 0 Å². The van der Waals surface area contributed by atoms with Crippen molar-refractivity contribution in [1.82, 2.24) is 15.5 Å². The number of amides is 2. The van der Waals surface area contributed by atoms with E-state index in [4.69, 9.17) is 0 Å². The number of hydrogen-bond donors (Lipinski definition) is 2. The van der Waals surface area contributed by atoms with Crippen molar-refractivity contribution in [2.24, 2.45) is 0 Å². The first-order chi connectivity index (χ1) is 9.18. The van der Waals surface area contributed by atoms with Crippen LogP contribution in [0.2, 0.25) is 0 Å². The molecule has 0 saturated heterocycles. The zero-order chi connectivity index (χ0) is 14.3. The molecule has 0 aromatic rings. The van der Waals surface area contributed by atoms with Crippen LogP contribution in [0.15, 0.2) is 0 Å². The summed E-state index contributed by atoms with van der Waals surface area (Å²) in [6.07, 6.45) is 10.8. The predicted octanol–water partition coefficient (Wildman–Crippen LogP) is 2.99. The standard InChI is InChI=1S/C15H33N3O/c1-4-5-6-7-8-9-10-11-12-16-13-14-17-15(19)18(2)3/h16H,4-14H2,1-3H3,(H,17,19). The fourth-order valence-electron chi connectivity index (χ4n) is 1.92. The predicted molar refractivity (Wildman–Crippen MR) is 82.6 cm³/mol. The van der Waals surface area contributed by atoms with Gasteiger partial charge in [0.15, 0.2) is 0 Å². The third-order valence-corrected chi connectivity index (χ3v) is 3.19. The van der Waals surface area contributed by atoms with E-state index in [1.54, 1.807) is 19.0 Å². The largest absolute Gasteiger partial charge is 0.337 e. The van der Waals surface area contributed by atoms with Crippen LogP contribution in [-0.2, 0) is 0 Å². The normalized spacial score (nSPS) is 10.5. The van der Waals surface area contributed by atoms with Gasteiger partial charge in [0.05, 0.1) is 0 Å². The number of carbonyl (C=O) groups excluding carboxylic acids is 1. The summed E-state index contributed by atoms with van der Waals surface area (Å²) in [6, 6.07) is -0.0196. The number of nitrogens with one attached hydrogen (secondary N) is 2. The Hall–Kier alpha value is -0.770. The topological polar surface area (TPSA) is 44.4 Å². The Morgan fingerprint density at radius 2 is 1.42 bits per heavy atom. The lowest BCUT2D eigenvalue weighted by atomic mass is 10.1. The van der Waals surface area contributed by atoms with Crippen LogP contribution in [0.3, 0.4) is 0 Å². The third kappa shape index (κ3) is 13.5. The van der Waals surface area contributed by atoms with E-state index in [0.29, 0.717) is 6.54 Å². The first-order valence-electron chi connectivity index (χ1n) is 7.84. The summed E-state index contributed by atoms with van der Waals surface area (Å²) in [6.45, 7) is 4.88. The van der Waals surface area contributed by atoms with E-state index in [9.17, 15) is 4.79 Å². The molecule has 0 atom stereocenters. The minimum atomic E-state index is -0.0196. The van der Waals surface area contributed by atoms with E-state index < -0.39 is 0 Å². The van der Waals surface area contributed by atoms with Gasteiger partial charge in [0.1, 0.15) is 0 Å². The Bertz CT molecular complexity index is 208. The van der Waals surface area contributed by atoms with Crippen LogP contribution in [-0.4, -0.2) is 44.7 Å². The summed E-state index contributed by atoms with van der Waals surface area (Å²) in [4.78, 5) is 12.8. The molecule has 0 heterocycles. The molecule has 0 saturated carbocycles. The van der Waals surface area contributed by atoms with Gasteiger partial charge < -0.3 is 15.5 Å². The van der Waals surface area contributed by atoms with Crippen molar-refractivity contribution >= 4 is 6.03 Å². The lowest BCUT2D eigenvalue weighted by molar-refractivity contribution is 0.217. The lowest BCUT2D eigenvalue weighted by Gasteiger charge is -2.12. The second-order valence-electron chi connectivity index (χ2n) is 5.35. The zero-order valence-electron chi connectivity index (χ0n) is 13.1. The van der Waals surface area contributed by atoms with E-state index in [2.05, 4.69) is 17.6 Å². The Morgan fingerprint density at radius 3 is 2.00 bits per heavy atom. The lowest BCUT2D eigenvalue weighted by Crippen LogP contribution is -2.38. The van der Waals surface area contributed by atoms with E-state index in [1.807, 2.05) is 0 Å². The maximum absolute atomic E-state index is 11.2. The van der Waals surface area contributed by atoms with Crippen molar-refractivity contribution in [3.8, 4) is 0 Å². The van der Waals surface area contributed by atoms with Crippen LogP contribution < -0.4 is 10.6 Å². The van der Waals surface area contributed by atoms with Gasteiger partial charge in [-0.25, -0.2) is 4.79 Å². The second kappa shape index (κ2) is 13.7. The molecule has 0 fully saturated rings. The quantitative estimate of drug-likeness (QED) is 0.536. The van der Waals surface area contributed by atoms with Crippen LogP contribution in [0.5, 0.6) is 0 Å². The molecule has 0 aliphatic carbocycles. The van der Waals surface area contributed by atoms with E-state index >= 15 is 0 Å². The summed E-state index contributed by atoms with van der Waals surface area (Å²) >= 11 is 0. The van der Waals surface area contributed by atoms with Crippen LogP contribution in [0.4, 0.5) is 4.79 Å². The average Bonchev–Trinajstić information content (AvgIpc) is 2.39. The highest BCUT2D eigenvalue weighted by Crippen LogP contribution is 2.07. The van der Waals surface area contributed by atoms with E-state index in [1.165, 1.54) is 51.4 Å². The molecule has 0 unspecified atom stereocenters. The summed E-state index contributed by atoms with van der Waals surface area (Å²) < 4.78 is 0. The molecule has 4 heteroatoms. The third-order valence-electron chi connectivity index (χ3n) is 3.19. The highest BCUT2D eigenvalue weighted by atomic mass is 16.2. The minimum absolute atomic E-state index is 0.0196. The molecule has 2 amide bonds. The van der Waals surface area contributed by atoms with Crippen molar-refractivity contribution in [2.45, 2.75) is 58.3 Å². The fraction of sp³-hybridized carbons (Fsp3) is 0.933. The first-order valence-corrected chi connectivity index (χ1v) is 7.84. The Kier molecular flexibility index (Phi) is 13.1. The summed E-state index contributed by atoms with van der Waals surface area (Å²) in [5, 5.41) is 6.19. The van der Waals surface area contributed by atoms with E-state index in [0.717, 1.165) is 13.1 Å². The number of nitrogens with zero attached hydrogens (tertiary/aromatic N) is 1. The molecule has 0 aromatic carbocycles. The Morgan fingerprint density at radius 1 is 0.842 bits per heavy atom. The van der Waals surface area contributed by atoms with Crippen molar-refractivity contribution in [1.29, 1.82) is 0 Å². The smallest absolute Gasteiger partial charge is 0.316 e. The van der Waals surface area contributed by atoms with Crippen LogP contribution in [0.1, 0.15) is 58.3 Å². The van der Waals surface area contributed by atoms with Crippen molar-refractivity contribution in [2.75, 3.05) is 33.7 Å². The molecule has 4 nitrogen and oxygen atoms in total. The second-order valence-corrected chi connectivity index (χ2v) is 5.35. The van der Waals surface area contributed by atoms with Gasteiger partial charge in [-0.2, -0.15) is 0 Å². The van der Waals surface area contributed by atoms with Crippen LogP contribution in [0, 0.1) is 0 Å². The summed E-state index contributed by atoms with van der Waals surface area (Å²) in [5.41, 5.74) is 0. The Balaban J connectivity index is 3.05. The van der Waals surface area contributed by atoms with Gasteiger partial charge in [-0.15, -0.1) is 0 Å². The SMILES string of the molecule is CCCCCCCCCCNCCNC(=O)N(C)C. The monoisotopic (exact) mass is 271 g/mol. The molecule has 19 heavy (non-hydrogen) atoms. The highest BCUT2D eigenvalue weighted by Gasteiger charge is 1.99. The van der Waals surface area contributed by atoms with Gasteiger partial charge in [-0.1, -0.05) is 51.9 Å². The Labute approximate surface area is 119 Å². The van der Waals surface area contributed by atoms with Crippen LogP contribution >= 0.6 is 0 Å². The maximum atomic E-state index is 11.2. The molecule has 0 aliphatic rings. The molecule has 0 aromatic heterocycles. The van der Waals surface area contributed by atoms with Gasteiger partial charge in [0.2, 0.25) is 0 Å². The summed E-state index contributed by atoms with van der Waals surface area (Å²) in [5.74, 6) is 0.